The number of hydrogen-bond donors (Lipinski definition) is 0. The fraction of sp³-hybridized carbons (Fsp3) is 0.125. The number of ether oxygens (including phenoxy) is 2. The summed E-state index contributed by atoms with van der Waals surface area (Å²) < 4.78 is 26.1. The second-order valence-electron chi connectivity index (χ2n) is 6.65. The zero-order valence-electron chi connectivity index (χ0n) is 16.1. The summed E-state index contributed by atoms with van der Waals surface area (Å²) in [5.41, 5.74) is 3.90. The van der Waals surface area contributed by atoms with Crippen molar-refractivity contribution in [2.24, 2.45) is 0 Å². The smallest absolute Gasteiger partial charge is 0.132 e. The molecule has 1 aliphatic rings. The predicted molar refractivity (Wildman–Crippen MR) is 113 cm³/mol. The molecule has 0 N–H and O–H groups in total. The van der Waals surface area contributed by atoms with Crippen LogP contribution < -0.4 is 9.47 Å². The largest absolute Gasteiger partial charge is 0.496 e. The molecule has 146 valence electrons. The highest BCUT2D eigenvalue weighted by atomic mass is 19.1. The number of aromatic nitrogens is 2. The molecule has 0 saturated heterocycles. The number of benzene rings is 2. The standard InChI is InChI=1S/C24H21FN2O2/c1-3-17-13-18(7-12-23(17)28-2)19-5-4-6-24-26-21(15-27(24)14-19)16-29-22-10-8-20(25)9-11-22/h3-5,7-15H,1,6,16H2,2H3. The molecular weight excluding hydrogens is 367 g/mol. The number of allylic oxidation sites excluding steroid dienone is 3. The Morgan fingerprint density at radius 2 is 2.03 bits per heavy atom. The topological polar surface area (TPSA) is 36.3 Å². The first-order chi connectivity index (χ1) is 14.2. The summed E-state index contributed by atoms with van der Waals surface area (Å²) in [4.78, 5) is 4.66. The van der Waals surface area contributed by atoms with E-state index in [1.165, 1.54) is 12.1 Å². The first-order valence-corrected chi connectivity index (χ1v) is 9.30. The number of hydrogen-bond acceptors (Lipinski definition) is 3. The zero-order chi connectivity index (χ0) is 20.2. The third-order valence-corrected chi connectivity index (χ3v) is 4.72. The van der Waals surface area contributed by atoms with Gasteiger partial charge in [-0.25, -0.2) is 9.37 Å². The maximum Gasteiger partial charge on any atom is 0.132 e. The van der Waals surface area contributed by atoms with Gasteiger partial charge in [0.25, 0.3) is 0 Å². The summed E-state index contributed by atoms with van der Waals surface area (Å²) in [7, 11) is 1.65. The Bertz CT molecular complexity index is 1090. The van der Waals surface area contributed by atoms with E-state index in [2.05, 4.69) is 36.0 Å². The van der Waals surface area contributed by atoms with E-state index < -0.39 is 0 Å². The van der Waals surface area contributed by atoms with Gasteiger partial charge in [-0.3, -0.25) is 0 Å². The highest BCUT2D eigenvalue weighted by Crippen LogP contribution is 2.27. The summed E-state index contributed by atoms with van der Waals surface area (Å²) in [5, 5.41) is 0. The van der Waals surface area contributed by atoms with Crippen molar-refractivity contribution in [3.05, 3.63) is 95.9 Å². The Hall–Kier alpha value is -3.60. The van der Waals surface area contributed by atoms with Gasteiger partial charge in [0.2, 0.25) is 0 Å². The molecule has 0 amide bonds. The SMILES string of the molecule is C=Cc1cc(C2=Cn3cc(COc4ccc(F)cc4)nc3CC=C2)ccc1OC. The molecule has 0 radical (unpaired) electrons. The Labute approximate surface area is 169 Å². The molecule has 1 aromatic heterocycles. The summed E-state index contributed by atoms with van der Waals surface area (Å²) in [6, 6.07) is 12.0. The van der Waals surface area contributed by atoms with Crippen LogP contribution in [-0.2, 0) is 13.0 Å². The van der Waals surface area contributed by atoms with Gasteiger partial charge in [0.15, 0.2) is 0 Å². The molecule has 4 nitrogen and oxygen atoms in total. The molecule has 0 bridgehead atoms. The number of halogens is 1. The molecule has 29 heavy (non-hydrogen) atoms. The lowest BCUT2D eigenvalue weighted by Gasteiger charge is -2.09. The van der Waals surface area contributed by atoms with Gasteiger partial charge in [-0.15, -0.1) is 0 Å². The van der Waals surface area contributed by atoms with Crippen molar-refractivity contribution in [3.8, 4) is 11.5 Å². The summed E-state index contributed by atoms with van der Waals surface area (Å²) in [6.07, 6.45) is 10.7. The lowest BCUT2D eigenvalue weighted by Crippen LogP contribution is -1.96. The minimum Gasteiger partial charge on any atom is -0.496 e. The second-order valence-corrected chi connectivity index (χ2v) is 6.65. The quantitative estimate of drug-likeness (QED) is 0.570. The first kappa shape index (κ1) is 18.7. The van der Waals surface area contributed by atoms with Crippen molar-refractivity contribution < 1.29 is 13.9 Å². The van der Waals surface area contributed by atoms with E-state index in [1.54, 1.807) is 25.3 Å². The van der Waals surface area contributed by atoms with Crippen LogP contribution >= 0.6 is 0 Å². The maximum absolute atomic E-state index is 13.0. The number of fused-ring (bicyclic) bond motifs is 1. The Morgan fingerprint density at radius 1 is 1.21 bits per heavy atom. The van der Waals surface area contributed by atoms with E-state index in [1.807, 2.05) is 22.9 Å². The van der Waals surface area contributed by atoms with E-state index in [0.29, 0.717) is 12.4 Å². The van der Waals surface area contributed by atoms with Crippen LogP contribution in [0.25, 0.3) is 17.8 Å². The van der Waals surface area contributed by atoms with Gasteiger partial charge in [-0.1, -0.05) is 30.9 Å². The van der Waals surface area contributed by atoms with E-state index in [-0.39, 0.29) is 5.82 Å². The molecule has 0 saturated carbocycles. The van der Waals surface area contributed by atoms with Crippen molar-refractivity contribution in [1.29, 1.82) is 0 Å². The summed E-state index contributed by atoms with van der Waals surface area (Å²) in [5.74, 6) is 2.06. The highest BCUT2D eigenvalue weighted by molar-refractivity contribution is 5.84. The Morgan fingerprint density at radius 3 is 2.79 bits per heavy atom. The van der Waals surface area contributed by atoms with Crippen molar-refractivity contribution in [2.45, 2.75) is 13.0 Å². The van der Waals surface area contributed by atoms with Crippen molar-refractivity contribution in [1.82, 2.24) is 9.55 Å². The molecule has 0 atom stereocenters. The van der Waals surface area contributed by atoms with Gasteiger partial charge in [0.1, 0.15) is 29.7 Å². The van der Waals surface area contributed by atoms with Crippen LogP contribution in [0.15, 0.2) is 67.4 Å². The number of methoxy groups -OCH3 is 1. The summed E-state index contributed by atoms with van der Waals surface area (Å²) >= 11 is 0. The van der Waals surface area contributed by atoms with Gasteiger partial charge < -0.3 is 14.0 Å². The van der Waals surface area contributed by atoms with Crippen molar-refractivity contribution >= 4 is 17.8 Å². The molecule has 0 unspecified atom stereocenters. The van der Waals surface area contributed by atoms with Crippen LogP contribution in [0.1, 0.15) is 22.6 Å². The lowest BCUT2D eigenvalue weighted by atomic mass is 10.0. The molecule has 5 heteroatoms. The van der Waals surface area contributed by atoms with Crippen molar-refractivity contribution in [2.75, 3.05) is 7.11 Å². The third-order valence-electron chi connectivity index (χ3n) is 4.72. The Balaban J connectivity index is 1.57. The zero-order valence-corrected chi connectivity index (χ0v) is 16.1. The van der Waals surface area contributed by atoms with Crippen molar-refractivity contribution in [3.63, 3.8) is 0 Å². The van der Waals surface area contributed by atoms with Gasteiger partial charge in [-0.05, 0) is 47.5 Å². The maximum atomic E-state index is 13.0. The third kappa shape index (κ3) is 4.14. The lowest BCUT2D eigenvalue weighted by molar-refractivity contribution is 0.301. The van der Waals surface area contributed by atoms with Crippen LogP contribution in [0, 0.1) is 5.82 Å². The summed E-state index contributed by atoms with van der Waals surface area (Å²) in [6.45, 7) is 4.19. The normalized spacial score (nSPS) is 12.7. The molecule has 2 aromatic carbocycles. The number of imidazole rings is 1. The highest BCUT2D eigenvalue weighted by Gasteiger charge is 2.11. The Kier molecular flexibility index (Phi) is 5.29. The average Bonchev–Trinajstić information content (AvgIpc) is 3.02. The van der Waals surface area contributed by atoms with Gasteiger partial charge in [-0.2, -0.15) is 0 Å². The molecular formula is C24H21FN2O2. The molecule has 0 fully saturated rings. The number of nitrogens with zero attached hydrogens (tertiary/aromatic N) is 2. The van der Waals surface area contributed by atoms with Crippen LogP contribution in [0.2, 0.25) is 0 Å². The van der Waals surface area contributed by atoms with E-state index >= 15 is 0 Å². The van der Waals surface area contributed by atoms with Gasteiger partial charge >= 0.3 is 0 Å². The molecule has 4 rings (SSSR count). The van der Waals surface area contributed by atoms with E-state index in [4.69, 9.17) is 9.47 Å². The predicted octanol–water partition coefficient (Wildman–Crippen LogP) is 5.36. The molecule has 3 aromatic rings. The van der Waals surface area contributed by atoms with Crippen LogP contribution in [0.5, 0.6) is 11.5 Å². The fourth-order valence-electron chi connectivity index (χ4n) is 3.24. The molecule has 0 spiro atoms. The monoisotopic (exact) mass is 388 g/mol. The second kappa shape index (κ2) is 8.19. The van der Waals surface area contributed by atoms with E-state index in [9.17, 15) is 4.39 Å². The van der Waals surface area contributed by atoms with E-state index in [0.717, 1.165) is 40.4 Å². The minimum atomic E-state index is -0.284. The molecule has 0 aliphatic carbocycles. The van der Waals surface area contributed by atoms with Gasteiger partial charge in [0, 0.05) is 24.4 Å². The van der Waals surface area contributed by atoms with Gasteiger partial charge in [0.05, 0.1) is 12.8 Å². The first-order valence-electron chi connectivity index (χ1n) is 9.30. The van der Waals surface area contributed by atoms with Crippen LogP contribution in [0.4, 0.5) is 4.39 Å². The fourth-order valence-corrected chi connectivity index (χ4v) is 3.24. The van der Waals surface area contributed by atoms with Crippen LogP contribution in [-0.4, -0.2) is 16.7 Å². The number of rotatable bonds is 6. The minimum absolute atomic E-state index is 0.284. The molecule has 1 aliphatic heterocycles. The molecule has 2 heterocycles. The average molecular weight is 388 g/mol. The van der Waals surface area contributed by atoms with Crippen LogP contribution in [0.3, 0.4) is 0 Å².